The average molecular weight is 405 g/mol. The Labute approximate surface area is 178 Å². The van der Waals surface area contributed by atoms with Gasteiger partial charge in [-0.15, -0.1) is 11.3 Å². The number of carbonyl (C=O) groups excluding carboxylic acids is 2. The van der Waals surface area contributed by atoms with Crippen molar-refractivity contribution in [2.24, 2.45) is 0 Å². The van der Waals surface area contributed by atoms with Crippen molar-refractivity contribution in [2.45, 2.75) is 27.7 Å². The second-order valence-electron chi connectivity index (χ2n) is 5.60. The van der Waals surface area contributed by atoms with Gasteiger partial charge in [-0.05, 0) is 22.3 Å². The Morgan fingerprint density at radius 1 is 0.586 bits per heavy atom. The summed E-state index contributed by atoms with van der Waals surface area (Å²) in [4.78, 5) is 26.8. The summed E-state index contributed by atoms with van der Waals surface area (Å²) < 4.78 is 0. The zero-order valence-electron chi connectivity index (χ0n) is 17.8. The van der Waals surface area contributed by atoms with E-state index < -0.39 is 0 Å². The Bertz CT molecular complexity index is 939. The number of Topliss-reactive ketones (excluding diaryl/α,β-unsaturated/α-hetero) is 2. The van der Waals surface area contributed by atoms with E-state index in [-0.39, 0.29) is 11.6 Å². The van der Waals surface area contributed by atoms with E-state index in [1.165, 1.54) is 23.5 Å². The average Bonchev–Trinajstić information content (AvgIpc) is 3.17. The number of hydrogen-bond donors (Lipinski definition) is 0. The van der Waals surface area contributed by atoms with Crippen LogP contribution in [0, 0.1) is 0 Å². The van der Waals surface area contributed by atoms with Crippen LogP contribution in [0.4, 0.5) is 0 Å². The minimum absolute atomic E-state index is 0.174. The van der Waals surface area contributed by atoms with E-state index in [9.17, 15) is 9.59 Å². The molecule has 2 aliphatic rings. The molecule has 1 heterocycles. The van der Waals surface area contributed by atoms with E-state index in [1.54, 1.807) is 12.2 Å². The molecule has 1 aromatic rings. The standard InChI is InChI=1S/C22H16O2S.2C2H6/c1-7-13-11(5)17-18-12(6)14(8-2)16(10-4)20(24)22(18)25-21(17)19(23)15(13)9-3;2*1-2/h7-10H,1-6H2;2*1-2H3. The van der Waals surface area contributed by atoms with Crippen LogP contribution in [-0.2, 0) is 0 Å². The Morgan fingerprint density at radius 3 is 1.10 bits per heavy atom. The number of fused-ring (bicyclic) bond motifs is 3. The molecule has 0 saturated carbocycles. The van der Waals surface area contributed by atoms with Gasteiger partial charge in [0.05, 0.1) is 9.75 Å². The lowest BCUT2D eigenvalue weighted by Crippen LogP contribution is -2.14. The predicted molar refractivity (Wildman–Crippen MR) is 129 cm³/mol. The summed E-state index contributed by atoms with van der Waals surface area (Å²) in [5.74, 6) is -0.347. The van der Waals surface area contributed by atoms with Crippen LogP contribution in [0.15, 0.2) is 86.1 Å². The molecule has 0 N–H and O–H groups in total. The first-order chi connectivity index (χ1) is 13.9. The maximum absolute atomic E-state index is 12.9. The van der Waals surface area contributed by atoms with Gasteiger partial charge in [-0.25, -0.2) is 0 Å². The minimum atomic E-state index is -0.174. The molecule has 0 saturated heterocycles. The summed E-state index contributed by atoms with van der Waals surface area (Å²) in [6.45, 7) is 31.3. The van der Waals surface area contributed by atoms with Gasteiger partial charge in [0, 0.05) is 22.3 Å². The van der Waals surface area contributed by atoms with E-state index in [2.05, 4.69) is 39.5 Å². The lowest BCUT2D eigenvalue weighted by molar-refractivity contribution is 0.103. The molecular weight excluding hydrogens is 376 g/mol. The quantitative estimate of drug-likeness (QED) is 0.519. The summed E-state index contributed by atoms with van der Waals surface area (Å²) in [6, 6.07) is 0. The fraction of sp³-hybridized carbons (Fsp3) is 0.154. The third-order valence-electron chi connectivity index (χ3n) is 4.46. The molecular formula is C26H28O2S. The molecule has 0 radical (unpaired) electrons. The van der Waals surface area contributed by atoms with Crippen molar-refractivity contribution in [2.75, 3.05) is 0 Å². The molecule has 0 amide bonds. The molecule has 1 aromatic heterocycles. The van der Waals surface area contributed by atoms with Crippen molar-refractivity contribution in [1.29, 1.82) is 0 Å². The largest absolute Gasteiger partial charge is 0.288 e. The summed E-state index contributed by atoms with van der Waals surface area (Å²) in [5, 5.41) is 0. The zero-order valence-corrected chi connectivity index (χ0v) is 18.6. The molecule has 0 spiro atoms. The van der Waals surface area contributed by atoms with Crippen LogP contribution in [-0.4, -0.2) is 11.6 Å². The summed E-state index contributed by atoms with van der Waals surface area (Å²) in [5.41, 5.74) is 4.78. The maximum atomic E-state index is 12.9. The van der Waals surface area contributed by atoms with Crippen LogP contribution in [0.25, 0.3) is 11.1 Å². The Kier molecular flexibility index (Phi) is 8.23. The third kappa shape index (κ3) is 3.54. The van der Waals surface area contributed by atoms with Crippen LogP contribution in [0.1, 0.15) is 58.2 Å². The normalized spacial score (nSPS) is 14.8. The molecule has 0 fully saturated rings. The van der Waals surface area contributed by atoms with Gasteiger partial charge < -0.3 is 0 Å². The molecule has 3 heteroatoms. The minimum Gasteiger partial charge on any atom is -0.288 e. The van der Waals surface area contributed by atoms with Gasteiger partial charge in [-0.2, -0.15) is 0 Å². The van der Waals surface area contributed by atoms with Crippen molar-refractivity contribution in [3.8, 4) is 0 Å². The number of thiophene rings is 1. The highest BCUT2D eigenvalue weighted by Gasteiger charge is 2.37. The molecule has 2 aliphatic carbocycles. The first kappa shape index (κ1) is 24.0. The summed E-state index contributed by atoms with van der Waals surface area (Å²) >= 11 is 1.17. The SMILES string of the molecule is C=CC1=C(C=C)C(=O)c2sc3c(c2C1=C)C(=C)C(C=C)=C(C=C)C3=O.CC.CC. The smallest absolute Gasteiger partial charge is 0.204 e. The fourth-order valence-corrected chi connectivity index (χ4v) is 4.55. The summed E-state index contributed by atoms with van der Waals surface area (Å²) in [7, 11) is 0. The Balaban J connectivity index is 0.000000989. The van der Waals surface area contributed by atoms with Gasteiger partial charge in [0.25, 0.3) is 0 Å². The highest BCUT2D eigenvalue weighted by Crippen LogP contribution is 2.49. The molecule has 0 atom stereocenters. The van der Waals surface area contributed by atoms with Crippen LogP contribution in [0.5, 0.6) is 0 Å². The topological polar surface area (TPSA) is 34.1 Å². The van der Waals surface area contributed by atoms with Crippen molar-refractivity contribution in [1.82, 2.24) is 0 Å². The van der Waals surface area contributed by atoms with E-state index >= 15 is 0 Å². The second-order valence-corrected chi connectivity index (χ2v) is 6.62. The van der Waals surface area contributed by atoms with Gasteiger partial charge in [0.15, 0.2) is 0 Å². The lowest BCUT2D eigenvalue weighted by Gasteiger charge is -2.22. The molecule has 29 heavy (non-hydrogen) atoms. The van der Waals surface area contributed by atoms with Crippen LogP contribution in [0.3, 0.4) is 0 Å². The molecule has 0 bridgehead atoms. The highest BCUT2D eigenvalue weighted by molar-refractivity contribution is 7.17. The number of ketones is 2. The molecule has 0 unspecified atom stereocenters. The number of allylic oxidation sites excluding steroid dienone is 10. The third-order valence-corrected chi connectivity index (χ3v) is 5.65. The molecule has 2 nitrogen and oxygen atoms in total. The highest BCUT2D eigenvalue weighted by atomic mass is 32.1. The zero-order chi connectivity index (χ0) is 22.5. The first-order valence-corrected chi connectivity index (χ1v) is 10.4. The maximum Gasteiger partial charge on any atom is 0.204 e. The van der Waals surface area contributed by atoms with Gasteiger partial charge in [0.2, 0.25) is 11.6 Å². The Hall–Kier alpha value is -3.04. The number of hydrogen-bond acceptors (Lipinski definition) is 3. The van der Waals surface area contributed by atoms with Gasteiger partial charge >= 0.3 is 0 Å². The first-order valence-electron chi connectivity index (χ1n) is 9.56. The van der Waals surface area contributed by atoms with Crippen molar-refractivity contribution in [3.63, 3.8) is 0 Å². The van der Waals surface area contributed by atoms with Gasteiger partial charge in [0.1, 0.15) is 0 Å². The molecule has 150 valence electrons. The molecule has 0 aromatic carbocycles. The van der Waals surface area contributed by atoms with Crippen molar-refractivity contribution < 1.29 is 9.59 Å². The van der Waals surface area contributed by atoms with Crippen LogP contribution >= 0.6 is 11.3 Å². The monoisotopic (exact) mass is 404 g/mol. The fourth-order valence-electron chi connectivity index (χ4n) is 3.28. The lowest BCUT2D eigenvalue weighted by atomic mass is 9.78. The second kappa shape index (κ2) is 9.94. The predicted octanol–water partition coefficient (Wildman–Crippen LogP) is 7.56. The Morgan fingerprint density at radius 2 is 0.862 bits per heavy atom. The summed E-state index contributed by atoms with van der Waals surface area (Å²) in [6.07, 6.45) is 6.20. The van der Waals surface area contributed by atoms with Crippen molar-refractivity contribution in [3.05, 3.63) is 107 Å². The van der Waals surface area contributed by atoms with Crippen molar-refractivity contribution >= 4 is 34.0 Å². The van der Waals surface area contributed by atoms with Crippen LogP contribution in [0.2, 0.25) is 0 Å². The van der Waals surface area contributed by atoms with E-state index in [0.717, 1.165) is 0 Å². The number of rotatable bonds is 4. The number of carbonyl (C=O) groups is 2. The van der Waals surface area contributed by atoms with Crippen LogP contribution < -0.4 is 0 Å². The van der Waals surface area contributed by atoms with E-state index in [1.807, 2.05) is 27.7 Å². The van der Waals surface area contributed by atoms with Gasteiger partial charge in [-0.3, -0.25) is 9.59 Å². The van der Waals surface area contributed by atoms with Gasteiger partial charge in [-0.1, -0.05) is 91.5 Å². The van der Waals surface area contributed by atoms with E-state index in [0.29, 0.717) is 54.3 Å². The molecule has 3 rings (SSSR count). The molecule has 0 aliphatic heterocycles. The van der Waals surface area contributed by atoms with E-state index in [4.69, 9.17) is 0 Å².